The van der Waals surface area contributed by atoms with Crippen LogP contribution < -0.4 is 5.14 Å². The second-order valence-electron chi connectivity index (χ2n) is 3.78. The van der Waals surface area contributed by atoms with Crippen molar-refractivity contribution in [3.63, 3.8) is 0 Å². The molecule has 8 heteroatoms. The van der Waals surface area contributed by atoms with Gasteiger partial charge >= 0.3 is 0 Å². The van der Waals surface area contributed by atoms with Gasteiger partial charge in [-0.05, 0) is 26.0 Å². The van der Waals surface area contributed by atoms with Gasteiger partial charge in [-0.25, -0.2) is 22.3 Å². The van der Waals surface area contributed by atoms with Crippen molar-refractivity contribution >= 4 is 15.9 Å². The normalized spacial score (nSPS) is 11.4. The molecule has 1 aromatic rings. The maximum atomic E-state index is 13.2. The summed E-state index contributed by atoms with van der Waals surface area (Å²) in [6.45, 7) is 3.96. The van der Waals surface area contributed by atoms with Gasteiger partial charge in [0, 0.05) is 13.1 Å². The van der Waals surface area contributed by atoms with E-state index in [1.165, 1.54) is 4.90 Å². The second kappa shape index (κ2) is 5.62. The van der Waals surface area contributed by atoms with Crippen molar-refractivity contribution in [3.8, 4) is 0 Å². The van der Waals surface area contributed by atoms with E-state index >= 15 is 0 Å². The summed E-state index contributed by atoms with van der Waals surface area (Å²) in [6.07, 6.45) is 0. The molecule has 1 rings (SSSR count). The van der Waals surface area contributed by atoms with Gasteiger partial charge in [-0.3, -0.25) is 4.79 Å². The number of benzene rings is 1. The number of hydrogen-bond donors (Lipinski definition) is 1. The third kappa shape index (κ3) is 3.27. The Balaban J connectivity index is 3.50. The molecule has 0 aromatic heterocycles. The zero-order valence-electron chi connectivity index (χ0n) is 10.5. The third-order valence-corrected chi connectivity index (χ3v) is 3.56. The fraction of sp³-hybridized carbons (Fsp3) is 0.364. The van der Waals surface area contributed by atoms with Crippen LogP contribution in [0.25, 0.3) is 0 Å². The Kier molecular flexibility index (Phi) is 4.59. The first-order valence-electron chi connectivity index (χ1n) is 5.53. The zero-order valence-corrected chi connectivity index (χ0v) is 11.3. The molecule has 0 unspecified atom stereocenters. The first-order valence-corrected chi connectivity index (χ1v) is 7.08. The van der Waals surface area contributed by atoms with Crippen molar-refractivity contribution in [2.45, 2.75) is 18.7 Å². The molecule has 1 aromatic carbocycles. The van der Waals surface area contributed by atoms with Crippen molar-refractivity contribution < 1.29 is 22.0 Å². The molecular formula is C11H14F2N2O3S. The number of nitrogens with two attached hydrogens (primary N) is 1. The van der Waals surface area contributed by atoms with E-state index in [0.29, 0.717) is 25.2 Å². The Labute approximate surface area is 110 Å². The number of sulfonamides is 1. The van der Waals surface area contributed by atoms with Crippen LogP contribution in [0.5, 0.6) is 0 Å². The van der Waals surface area contributed by atoms with Gasteiger partial charge in [0.25, 0.3) is 5.91 Å². The van der Waals surface area contributed by atoms with Crippen LogP contribution in [0, 0.1) is 11.6 Å². The van der Waals surface area contributed by atoms with Crippen LogP contribution in [0.2, 0.25) is 0 Å². The van der Waals surface area contributed by atoms with Gasteiger partial charge in [-0.2, -0.15) is 0 Å². The average molecular weight is 292 g/mol. The molecule has 0 saturated heterocycles. The van der Waals surface area contributed by atoms with Gasteiger partial charge in [0.2, 0.25) is 10.0 Å². The Morgan fingerprint density at radius 3 is 2.11 bits per heavy atom. The summed E-state index contributed by atoms with van der Waals surface area (Å²) >= 11 is 0. The van der Waals surface area contributed by atoms with Crippen molar-refractivity contribution in [2.75, 3.05) is 13.1 Å². The van der Waals surface area contributed by atoms with E-state index in [1.54, 1.807) is 13.8 Å². The van der Waals surface area contributed by atoms with Crippen LogP contribution in [0.4, 0.5) is 8.78 Å². The standard InChI is InChI=1S/C11H14F2N2O3S/c1-3-15(4-2)11(16)7-5-8(12)9(13)6-10(7)19(14,17)18/h5-6H,3-4H2,1-2H3,(H2,14,17,18). The predicted octanol–water partition coefficient (Wildman–Crippen LogP) is 1.09. The van der Waals surface area contributed by atoms with Gasteiger partial charge in [-0.15, -0.1) is 0 Å². The number of nitrogens with zero attached hydrogens (tertiary/aromatic N) is 1. The van der Waals surface area contributed by atoms with Gasteiger partial charge in [0.15, 0.2) is 11.6 Å². The van der Waals surface area contributed by atoms with Crippen molar-refractivity contribution in [1.29, 1.82) is 0 Å². The van der Waals surface area contributed by atoms with Crippen molar-refractivity contribution in [1.82, 2.24) is 4.90 Å². The summed E-state index contributed by atoms with van der Waals surface area (Å²) in [6, 6.07) is 0.969. The molecule has 0 aliphatic rings. The van der Waals surface area contributed by atoms with E-state index in [-0.39, 0.29) is 0 Å². The van der Waals surface area contributed by atoms with Crippen LogP contribution in [-0.2, 0) is 10.0 Å². The van der Waals surface area contributed by atoms with Gasteiger partial charge in [0.1, 0.15) is 0 Å². The average Bonchev–Trinajstić information content (AvgIpc) is 2.32. The lowest BCUT2D eigenvalue weighted by atomic mass is 10.2. The summed E-state index contributed by atoms with van der Waals surface area (Å²) < 4.78 is 49.0. The Morgan fingerprint density at radius 1 is 1.21 bits per heavy atom. The third-order valence-electron chi connectivity index (χ3n) is 2.61. The summed E-state index contributed by atoms with van der Waals surface area (Å²) in [4.78, 5) is 12.6. The smallest absolute Gasteiger partial charge is 0.255 e. The van der Waals surface area contributed by atoms with Crippen LogP contribution in [0.3, 0.4) is 0 Å². The molecule has 5 nitrogen and oxygen atoms in total. The Hall–Kier alpha value is -1.54. The highest BCUT2D eigenvalue weighted by Gasteiger charge is 2.25. The molecule has 0 atom stereocenters. The monoisotopic (exact) mass is 292 g/mol. The number of primary sulfonamides is 1. The molecule has 0 saturated carbocycles. The zero-order chi connectivity index (χ0) is 14.8. The van der Waals surface area contributed by atoms with Gasteiger partial charge in [-0.1, -0.05) is 0 Å². The molecule has 1 amide bonds. The lowest BCUT2D eigenvalue weighted by molar-refractivity contribution is 0.0768. The number of rotatable bonds is 4. The van der Waals surface area contributed by atoms with E-state index in [1.807, 2.05) is 0 Å². The fourth-order valence-electron chi connectivity index (χ4n) is 1.61. The fourth-order valence-corrected chi connectivity index (χ4v) is 2.33. The number of carbonyl (C=O) groups is 1. The van der Waals surface area contributed by atoms with E-state index in [4.69, 9.17) is 5.14 Å². The largest absolute Gasteiger partial charge is 0.339 e. The van der Waals surface area contributed by atoms with E-state index in [9.17, 15) is 22.0 Å². The number of halogens is 2. The topological polar surface area (TPSA) is 80.5 Å². The minimum atomic E-state index is -4.32. The molecule has 2 N–H and O–H groups in total. The Bertz CT molecular complexity index is 598. The predicted molar refractivity (Wildman–Crippen MR) is 65.0 cm³/mol. The highest BCUT2D eigenvalue weighted by molar-refractivity contribution is 7.89. The first kappa shape index (κ1) is 15.5. The molecule has 0 radical (unpaired) electrons. The van der Waals surface area contributed by atoms with E-state index in [2.05, 4.69) is 0 Å². The molecule has 0 heterocycles. The van der Waals surface area contributed by atoms with Crippen LogP contribution >= 0.6 is 0 Å². The minimum absolute atomic E-state index is 0.304. The minimum Gasteiger partial charge on any atom is -0.339 e. The molecule has 0 spiro atoms. The van der Waals surface area contributed by atoms with Crippen LogP contribution in [-0.4, -0.2) is 32.3 Å². The first-order chi connectivity index (χ1) is 8.72. The number of hydrogen-bond acceptors (Lipinski definition) is 3. The molecule has 0 aliphatic heterocycles. The quantitative estimate of drug-likeness (QED) is 0.902. The molecule has 0 aliphatic carbocycles. The second-order valence-corrected chi connectivity index (χ2v) is 5.31. The SMILES string of the molecule is CCN(CC)C(=O)c1cc(F)c(F)cc1S(N)(=O)=O. The van der Waals surface area contributed by atoms with E-state index < -0.39 is 38.0 Å². The molecule has 0 fully saturated rings. The van der Waals surface area contributed by atoms with Gasteiger partial charge < -0.3 is 4.90 Å². The van der Waals surface area contributed by atoms with Crippen molar-refractivity contribution in [2.24, 2.45) is 5.14 Å². The maximum absolute atomic E-state index is 13.2. The molecule has 0 bridgehead atoms. The molecule has 19 heavy (non-hydrogen) atoms. The highest BCUT2D eigenvalue weighted by Crippen LogP contribution is 2.20. The van der Waals surface area contributed by atoms with Crippen LogP contribution in [0.1, 0.15) is 24.2 Å². The molecule has 106 valence electrons. The molecular weight excluding hydrogens is 278 g/mol. The lowest BCUT2D eigenvalue weighted by Crippen LogP contribution is -2.32. The van der Waals surface area contributed by atoms with Gasteiger partial charge in [0.05, 0.1) is 10.5 Å². The number of carbonyl (C=O) groups excluding carboxylic acids is 1. The summed E-state index contributed by atoms with van der Waals surface area (Å²) in [7, 11) is -4.32. The summed E-state index contributed by atoms with van der Waals surface area (Å²) in [5.41, 5.74) is -0.467. The number of amides is 1. The summed E-state index contributed by atoms with van der Waals surface area (Å²) in [5, 5.41) is 4.91. The lowest BCUT2D eigenvalue weighted by Gasteiger charge is -2.20. The summed E-state index contributed by atoms with van der Waals surface area (Å²) in [5.74, 6) is -3.39. The van der Waals surface area contributed by atoms with Crippen molar-refractivity contribution in [3.05, 3.63) is 29.3 Å². The van der Waals surface area contributed by atoms with Crippen LogP contribution in [0.15, 0.2) is 17.0 Å². The maximum Gasteiger partial charge on any atom is 0.255 e. The highest BCUT2D eigenvalue weighted by atomic mass is 32.2. The Morgan fingerprint density at radius 2 is 1.68 bits per heavy atom. The van der Waals surface area contributed by atoms with E-state index in [0.717, 1.165) is 0 Å².